The second kappa shape index (κ2) is 8.73. The largest absolute Gasteiger partial charge is 0.151 e. The van der Waals surface area contributed by atoms with Gasteiger partial charge in [0.2, 0.25) is 0 Å². The Labute approximate surface area is 132 Å². The number of hydrogen-bond acceptors (Lipinski definition) is 2. The molecule has 0 amide bonds. The highest BCUT2D eigenvalue weighted by Gasteiger charge is 1.95. The summed E-state index contributed by atoms with van der Waals surface area (Å²) in [5.74, 6) is 0. The molecule has 0 saturated carbocycles. The predicted octanol–water partition coefficient (Wildman–Crippen LogP) is 6.34. The van der Waals surface area contributed by atoms with Crippen molar-refractivity contribution in [2.75, 3.05) is 0 Å². The molecule has 0 aromatic heterocycles. The van der Waals surface area contributed by atoms with Crippen LogP contribution in [0.5, 0.6) is 0 Å². The van der Waals surface area contributed by atoms with E-state index >= 15 is 0 Å². The normalized spacial score (nSPS) is 10.7. The Morgan fingerprint density at radius 2 is 1.00 bits per heavy atom. The molecule has 0 radical (unpaired) electrons. The standard InChI is InChI=1S/C20H22N2/c1-3-5-7-17-9-13-19(14-10-17)21-22-20-15-11-18(12-16-20)8-6-4-2/h3-4,9-16H,1-2,5-8H2. The van der Waals surface area contributed by atoms with Crippen LogP contribution in [0.15, 0.2) is 84.1 Å². The summed E-state index contributed by atoms with van der Waals surface area (Å²) in [5.41, 5.74) is 4.34. The lowest BCUT2D eigenvalue weighted by molar-refractivity contribution is 1.00. The van der Waals surface area contributed by atoms with Crippen LogP contribution in [-0.2, 0) is 12.8 Å². The predicted molar refractivity (Wildman–Crippen MR) is 94.1 cm³/mol. The molecule has 2 nitrogen and oxygen atoms in total. The summed E-state index contributed by atoms with van der Waals surface area (Å²) in [6.07, 6.45) is 7.91. The maximum atomic E-state index is 4.28. The van der Waals surface area contributed by atoms with Crippen molar-refractivity contribution in [3.8, 4) is 0 Å². The maximum absolute atomic E-state index is 4.28. The van der Waals surface area contributed by atoms with Gasteiger partial charge in [0.1, 0.15) is 0 Å². The summed E-state index contributed by atoms with van der Waals surface area (Å²) in [4.78, 5) is 0. The van der Waals surface area contributed by atoms with E-state index in [1.807, 2.05) is 36.4 Å². The summed E-state index contributed by atoms with van der Waals surface area (Å²) in [6.45, 7) is 7.48. The van der Waals surface area contributed by atoms with Crippen LogP contribution >= 0.6 is 0 Å². The summed E-state index contributed by atoms with van der Waals surface area (Å²) >= 11 is 0. The fourth-order valence-electron chi connectivity index (χ4n) is 2.11. The minimum Gasteiger partial charge on any atom is -0.151 e. The molecule has 22 heavy (non-hydrogen) atoms. The van der Waals surface area contributed by atoms with Crippen molar-refractivity contribution in [1.82, 2.24) is 0 Å². The van der Waals surface area contributed by atoms with Gasteiger partial charge in [-0.25, -0.2) is 0 Å². The van der Waals surface area contributed by atoms with Crippen molar-refractivity contribution in [2.24, 2.45) is 10.2 Å². The van der Waals surface area contributed by atoms with E-state index in [4.69, 9.17) is 0 Å². The van der Waals surface area contributed by atoms with Crippen molar-refractivity contribution in [3.05, 3.63) is 85.0 Å². The van der Waals surface area contributed by atoms with Crippen molar-refractivity contribution >= 4 is 11.4 Å². The Morgan fingerprint density at radius 3 is 1.32 bits per heavy atom. The first-order valence-electron chi connectivity index (χ1n) is 7.63. The number of rotatable bonds is 8. The topological polar surface area (TPSA) is 24.7 Å². The van der Waals surface area contributed by atoms with Gasteiger partial charge >= 0.3 is 0 Å². The fourth-order valence-corrected chi connectivity index (χ4v) is 2.11. The first-order chi connectivity index (χ1) is 10.8. The quantitative estimate of drug-likeness (QED) is 0.400. The van der Waals surface area contributed by atoms with Gasteiger partial charge in [0, 0.05) is 0 Å². The lowest BCUT2D eigenvalue weighted by atomic mass is 10.1. The van der Waals surface area contributed by atoms with Crippen molar-refractivity contribution in [3.63, 3.8) is 0 Å². The van der Waals surface area contributed by atoms with Gasteiger partial charge in [-0.1, -0.05) is 36.4 Å². The molecule has 0 unspecified atom stereocenters. The van der Waals surface area contributed by atoms with E-state index in [2.05, 4.69) is 47.7 Å². The van der Waals surface area contributed by atoms with Gasteiger partial charge in [0.25, 0.3) is 0 Å². The van der Waals surface area contributed by atoms with E-state index < -0.39 is 0 Å². The van der Waals surface area contributed by atoms with Gasteiger partial charge in [-0.05, 0) is 61.1 Å². The Hall–Kier alpha value is -2.48. The highest BCUT2D eigenvalue weighted by Crippen LogP contribution is 2.20. The van der Waals surface area contributed by atoms with Crippen molar-refractivity contribution < 1.29 is 0 Å². The van der Waals surface area contributed by atoms with Gasteiger partial charge in [-0.2, -0.15) is 10.2 Å². The van der Waals surface area contributed by atoms with Crippen LogP contribution in [0.25, 0.3) is 0 Å². The minimum atomic E-state index is 0.873. The van der Waals surface area contributed by atoms with Crippen LogP contribution in [0.4, 0.5) is 11.4 Å². The van der Waals surface area contributed by atoms with Gasteiger partial charge in [0.05, 0.1) is 11.4 Å². The fraction of sp³-hybridized carbons (Fsp3) is 0.200. The highest BCUT2D eigenvalue weighted by molar-refractivity contribution is 5.42. The van der Waals surface area contributed by atoms with E-state index in [-0.39, 0.29) is 0 Å². The van der Waals surface area contributed by atoms with Crippen LogP contribution in [0.1, 0.15) is 24.0 Å². The summed E-state index contributed by atoms with van der Waals surface area (Å²) < 4.78 is 0. The zero-order valence-electron chi connectivity index (χ0n) is 12.9. The first kappa shape index (κ1) is 15.9. The number of aryl methyl sites for hydroxylation is 2. The average Bonchev–Trinajstić information content (AvgIpc) is 2.58. The van der Waals surface area contributed by atoms with Crippen molar-refractivity contribution in [1.29, 1.82) is 0 Å². The molecule has 0 aliphatic heterocycles. The van der Waals surface area contributed by atoms with Gasteiger partial charge < -0.3 is 0 Å². The second-order valence-electron chi connectivity index (χ2n) is 5.19. The van der Waals surface area contributed by atoms with Crippen LogP contribution in [0.2, 0.25) is 0 Å². The zero-order chi connectivity index (χ0) is 15.6. The Morgan fingerprint density at radius 1 is 0.636 bits per heavy atom. The van der Waals surface area contributed by atoms with Gasteiger partial charge in [-0.15, -0.1) is 13.2 Å². The van der Waals surface area contributed by atoms with E-state index in [1.54, 1.807) is 0 Å². The first-order valence-corrected chi connectivity index (χ1v) is 7.63. The monoisotopic (exact) mass is 290 g/mol. The van der Waals surface area contributed by atoms with Gasteiger partial charge in [0.15, 0.2) is 0 Å². The molecule has 0 heterocycles. The SMILES string of the molecule is C=CCCc1ccc(N=Nc2ccc(CCC=C)cc2)cc1. The summed E-state index contributed by atoms with van der Waals surface area (Å²) in [5, 5.41) is 8.56. The Balaban J connectivity index is 1.95. The molecule has 2 aromatic rings. The molecule has 0 fully saturated rings. The molecule has 0 saturated heterocycles. The van der Waals surface area contributed by atoms with E-state index in [1.165, 1.54) is 11.1 Å². The third-order valence-electron chi connectivity index (χ3n) is 3.43. The molecule has 0 spiro atoms. The zero-order valence-corrected chi connectivity index (χ0v) is 12.9. The molecule has 2 aromatic carbocycles. The number of hydrogen-bond donors (Lipinski definition) is 0. The van der Waals surface area contributed by atoms with E-state index in [0.29, 0.717) is 0 Å². The van der Waals surface area contributed by atoms with Crippen molar-refractivity contribution in [2.45, 2.75) is 25.7 Å². The molecule has 2 heteroatoms. The molecule has 0 atom stereocenters. The van der Waals surface area contributed by atoms with Crippen LogP contribution < -0.4 is 0 Å². The second-order valence-corrected chi connectivity index (χ2v) is 5.19. The maximum Gasteiger partial charge on any atom is 0.0857 e. The molecule has 0 bridgehead atoms. The highest BCUT2D eigenvalue weighted by atomic mass is 15.1. The third-order valence-corrected chi connectivity index (χ3v) is 3.43. The minimum absolute atomic E-state index is 0.873. The molecule has 2 rings (SSSR count). The number of benzene rings is 2. The van der Waals surface area contributed by atoms with Crippen LogP contribution in [0.3, 0.4) is 0 Å². The molecular weight excluding hydrogens is 268 g/mol. The lowest BCUT2D eigenvalue weighted by Gasteiger charge is -2.00. The Kier molecular flexibility index (Phi) is 6.31. The molecular formula is C20H22N2. The van der Waals surface area contributed by atoms with Crippen LogP contribution in [0, 0.1) is 0 Å². The Bertz CT molecular complexity index is 564. The van der Waals surface area contributed by atoms with E-state index in [9.17, 15) is 0 Å². The van der Waals surface area contributed by atoms with Gasteiger partial charge in [-0.3, -0.25) is 0 Å². The molecule has 0 aliphatic carbocycles. The van der Waals surface area contributed by atoms with Crippen LogP contribution in [-0.4, -0.2) is 0 Å². The molecule has 0 aliphatic rings. The number of nitrogens with zero attached hydrogens (tertiary/aromatic N) is 2. The lowest BCUT2D eigenvalue weighted by Crippen LogP contribution is -1.81. The average molecular weight is 290 g/mol. The third kappa shape index (κ3) is 5.13. The number of azo groups is 1. The molecule has 0 N–H and O–H groups in total. The summed E-state index contributed by atoms with van der Waals surface area (Å²) in [6, 6.07) is 16.4. The van der Waals surface area contributed by atoms with E-state index in [0.717, 1.165) is 37.1 Å². The smallest absolute Gasteiger partial charge is 0.0857 e. The molecule has 112 valence electrons. The summed E-state index contributed by atoms with van der Waals surface area (Å²) in [7, 11) is 0. The number of allylic oxidation sites excluding steroid dienone is 2.